The minimum atomic E-state index is -0.225. The summed E-state index contributed by atoms with van der Waals surface area (Å²) in [5, 5.41) is 3.95. The Labute approximate surface area is 136 Å². The molecule has 0 aliphatic rings. The number of anilines is 1. The van der Waals surface area contributed by atoms with Crippen molar-refractivity contribution in [3.05, 3.63) is 44.4 Å². The molecule has 0 atom stereocenters. The highest BCUT2D eigenvalue weighted by molar-refractivity contribution is 7.17. The van der Waals surface area contributed by atoms with Gasteiger partial charge in [-0.2, -0.15) is 0 Å². The van der Waals surface area contributed by atoms with Crippen LogP contribution < -0.4 is 5.32 Å². The molecule has 1 aromatic carbocycles. The molecule has 2 rings (SSSR count). The van der Waals surface area contributed by atoms with Crippen molar-refractivity contribution in [1.82, 2.24) is 4.98 Å². The molecule has 0 aliphatic carbocycles. The number of nitrogens with one attached hydrogen (secondary N) is 1. The normalized spacial score (nSPS) is 10.5. The first-order chi connectivity index (χ1) is 9.86. The van der Waals surface area contributed by atoms with Crippen LogP contribution in [0.15, 0.2) is 18.2 Å². The Morgan fingerprint density at radius 2 is 2.00 bits per heavy atom. The number of rotatable bonds is 4. The third kappa shape index (κ3) is 4.03. The van der Waals surface area contributed by atoms with E-state index in [1.54, 1.807) is 25.1 Å². The number of hydrogen-bond donors (Lipinski definition) is 1. The number of hydrogen-bond acceptors (Lipinski definition) is 4. The summed E-state index contributed by atoms with van der Waals surface area (Å²) in [6.07, 6.45) is 0.158. The molecule has 110 valence electrons. The first-order valence-electron chi connectivity index (χ1n) is 6.09. The maximum absolute atomic E-state index is 12.0. The number of benzene rings is 1. The maximum atomic E-state index is 12.0. The fourth-order valence-electron chi connectivity index (χ4n) is 1.77. The van der Waals surface area contributed by atoms with Gasteiger partial charge in [-0.15, -0.1) is 0 Å². The van der Waals surface area contributed by atoms with E-state index in [1.807, 2.05) is 0 Å². The van der Waals surface area contributed by atoms with Gasteiger partial charge >= 0.3 is 0 Å². The number of Topliss-reactive ketones (excluding diaryl/α,β-unsaturated/α-hetero) is 1. The molecule has 7 heteroatoms. The van der Waals surface area contributed by atoms with Crippen LogP contribution in [0.1, 0.15) is 27.9 Å². The average molecular weight is 343 g/mol. The van der Waals surface area contributed by atoms with Crippen LogP contribution in [0.2, 0.25) is 10.0 Å². The third-order valence-electron chi connectivity index (χ3n) is 2.71. The van der Waals surface area contributed by atoms with Gasteiger partial charge in [-0.25, -0.2) is 4.98 Å². The molecule has 0 fully saturated rings. The van der Waals surface area contributed by atoms with E-state index >= 15 is 0 Å². The number of carbonyl (C=O) groups is 2. The zero-order valence-corrected chi connectivity index (χ0v) is 13.7. The van der Waals surface area contributed by atoms with Crippen LogP contribution in [0.25, 0.3) is 0 Å². The molecule has 0 spiro atoms. The molecular formula is C14H12Cl2N2O2S. The fraction of sp³-hybridized carbons (Fsp3) is 0.214. The zero-order chi connectivity index (χ0) is 15.6. The lowest BCUT2D eigenvalue weighted by Crippen LogP contribution is -2.14. The minimum Gasteiger partial charge on any atom is -0.302 e. The van der Waals surface area contributed by atoms with Gasteiger partial charge in [0.05, 0.1) is 27.0 Å². The first-order valence-corrected chi connectivity index (χ1v) is 7.66. The lowest BCUT2D eigenvalue weighted by molar-refractivity contribution is -0.115. The van der Waals surface area contributed by atoms with Crippen molar-refractivity contribution >= 4 is 51.4 Å². The summed E-state index contributed by atoms with van der Waals surface area (Å²) in [5.41, 5.74) is 1.37. The quantitative estimate of drug-likeness (QED) is 0.849. The van der Waals surface area contributed by atoms with Crippen LogP contribution in [-0.2, 0) is 11.2 Å². The van der Waals surface area contributed by atoms with Gasteiger partial charge in [0.25, 0.3) is 0 Å². The van der Waals surface area contributed by atoms with Crippen molar-refractivity contribution in [3.63, 3.8) is 0 Å². The van der Waals surface area contributed by atoms with Gasteiger partial charge in [0.15, 0.2) is 10.9 Å². The second-order valence-electron chi connectivity index (χ2n) is 4.46. The molecule has 1 N–H and O–H groups in total. The molecule has 0 saturated carbocycles. The number of ketones is 1. The smallest absolute Gasteiger partial charge is 0.230 e. The molecular weight excluding hydrogens is 331 g/mol. The number of carbonyl (C=O) groups excluding carboxylic acids is 2. The Kier molecular flexibility index (Phi) is 4.98. The highest BCUT2D eigenvalue weighted by Gasteiger charge is 2.13. The Balaban J connectivity index is 2.06. The Hall–Kier alpha value is -1.43. The van der Waals surface area contributed by atoms with Crippen molar-refractivity contribution < 1.29 is 9.59 Å². The summed E-state index contributed by atoms with van der Waals surface area (Å²) in [6.45, 7) is 3.21. The van der Waals surface area contributed by atoms with Crippen LogP contribution in [0.4, 0.5) is 5.13 Å². The van der Waals surface area contributed by atoms with Crippen molar-refractivity contribution in [1.29, 1.82) is 0 Å². The molecule has 0 radical (unpaired) electrons. The summed E-state index contributed by atoms with van der Waals surface area (Å²) in [4.78, 5) is 28.0. The number of halogens is 2. The molecule has 21 heavy (non-hydrogen) atoms. The highest BCUT2D eigenvalue weighted by Crippen LogP contribution is 2.24. The summed E-state index contributed by atoms with van der Waals surface area (Å²) >= 11 is 12.9. The van der Waals surface area contributed by atoms with Crippen molar-refractivity contribution in [3.8, 4) is 0 Å². The van der Waals surface area contributed by atoms with E-state index in [2.05, 4.69) is 10.3 Å². The molecule has 0 aliphatic heterocycles. The third-order valence-corrected chi connectivity index (χ3v) is 4.62. The van der Waals surface area contributed by atoms with Gasteiger partial charge < -0.3 is 5.32 Å². The second kappa shape index (κ2) is 6.56. The van der Waals surface area contributed by atoms with Crippen LogP contribution in [0.5, 0.6) is 0 Å². The molecule has 2 aromatic rings. The molecule has 1 amide bonds. The Morgan fingerprint density at radius 3 is 2.57 bits per heavy atom. The average Bonchev–Trinajstić information content (AvgIpc) is 2.75. The Bertz CT molecular complexity index is 713. The molecule has 0 unspecified atom stereocenters. The van der Waals surface area contributed by atoms with Crippen molar-refractivity contribution in [2.24, 2.45) is 0 Å². The minimum absolute atomic E-state index is 0.0602. The molecule has 0 bridgehead atoms. The summed E-state index contributed by atoms with van der Waals surface area (Å²) in [6, 6.07) is 5.04. The fourth-order valence-corrected chi connectivity index (χ4v) is 2.97. The summed E-state index contributed by atoms with van der Waals surface area (Å²) in [5.74, 6) is -0.285. The van der Waals surface area contributed by atoms with E-state index in [9.17, 15) is 9.59 Å². The SMILES string of the molecule is CC(=O)c1sc(NC(=O)Cc2ccc(Cl)c(Cl)c2)nc1C. The first kappa shape index (κ1) is 15.9. The van der Waals surface area contributed by atoms with Gasteiger partial charge in [-0.3, -0.25) is 9.59 Å². The molecule has 1 heterocycles. The summed E-state index contributed by atoms with van der Waals surface area (Å²) in [7, 11) is 0. The van der Waals surface area contributed by atoms with Crippen LogP contribution in [0, 0.1) is 6.92 Å². The predicted octanol–water partition coefficient (Wildman–Crippen LogP) is 4.14. The van der Waals surface area contributed by atoms with Crippen LogP contribution >= 0.6 is 34.5 Å². The number of aryl methyl sites for hydroxylation is 1. The predicted molar refractivity (Wildman–Crippen MR) is 85.7 cm³/mol. The molecule has 4 nitrogen and oxygen atoms in total. The van der Waals surface area contributed by atoms with Crippen LogP contribution in [-0.4, -0.2) is 16.7 Å². The zero-order valence-electron chi connectivity index (χ0n) is 11.4. The number of amides is 1. The number of aromatic nitrogens is 1. The number of nitrogens with zero attached hydrogens (tertiary/aromatic N) is 1. The van der Waals surface area contributed by atoms with Gasteiger partial charge in [0.2, 0.25) is 5.91 Å². The van der Waals surface area contributed by atoms with Gasteiger partial charge in [0.1, 0.15) is 0 Å². The van der Waals surface area contributed by atoms with Crippen molar-refractivity contribution in [2.75, 3.05) is 5.32 Å². The van der Waals surface area contributed by atoms with Gasteiger partial charge in [-0.05, 0) is 24.6 Å². The van der Waals surface area contributed by atoms with E-state index in [0.717, 1.165) is 5.56 Å². The summed E-state index contributed by atoms with van der Waals surface area (Å²) < 4.78 is 0. The van der Waals surface area contributed by atoms with Gasteiger partial charge in [-0.1, -0.05) is 40.6 Å². The highest BCUT2D eigenvalue weighted by atomic mass is 35.5. The molecule has 0 saturated heterocycles. The van der Waals surface area contributed by atoms with E-state index in [4.69, 9.17) is 23.2 Å². The van der Waals surface area contributed by atoms with E-state index in [0.29, 0.717) is 25.7 Å². The standard InChI is InChI=1S/C14H12Cl2N2O2S/c1-7-13(8(2)19)21-14(17-7)18-12(20)6-9-3-4-10(15)11(16)5-9/h3-5H,6H2,1-2H3,(H,17,18,20). The van der Waals surface area contributed by atoms with E-state index in [1.165, 1.54) is 18.3 Å². The monoisotopic (exact) mass is 342 g/mol. The van der Waals surface area contributed by atoms with Crippen molar-refractivity contribution in [2.45, 2.75) is 20.3 Å². The molecule has 1 aromatic heterocycles. The largest absolute Gasteiger partial charge is 0.302 e. The van der Waals surface area contributed by atoms with E-state index in [-0.39, 0.29) is 18.1 Å². The lowest BCUT2D eigenvalue weighted by Gasteiger charge is -2.03. The maximum Gasteiger partial charge on any atom is 0.230 e. The van der Waals surface area contributed by atoms with Gasteiger partial charge in [0, 0.05) is 6.92 Å². The van der Waals surface area contributed by atoms with E-state index < -0.39 is 0 Å². The lowest BCUT2D eigenvalue weighted by atomic mass is 10.1. The van der Waals surface area contributed by atoms with Crippen LogP contribution in [0.3, 0.4) is 0 Å². The second-order valence-corrected chi connectivity index (χ2v) is 6.28. The number of thiazole rings is 1. The Morgan fingerprint density at radius 1 is 1.29 bits per heavy atom. The topological polar surface area (TPSA) is 59.1 Å².